The second kappa shape index (κ2) is 11.3. The Morgan fingerprint density at radius 2 is 1.50 bits per heavy atom. The van der Waals surface area contributed by atoms with Crippen molar-refractivity contribution in [2.75, 3.05) is 32.7 Å². The van der Waals surface area contributed by atoms with Crippen molar-refractivity contribution < 1.29 is 4.39 Å². The summed E-state index contributed by atoms with van der Waals surface area (Å²) < 4.78 is 15.8. The molecule has 0 saturated carbocycles. The van der Waals surface area contributed by atoms with Crippen LogP contribution in [0.25, 0.3) is 22.0 Å². The zero-order valence-corrected chi connectivity index (χ0v) is 21.8. The lowest BCUT2D eigenvalue weighted by atomic mass is 10.0. The molecule has 2 N–H and O–H groups in total. The highest BCUT2D eigenvalue weighted by atomic mass is 35.5. The van der Waals surface area contributed by atoms with Crippen LogP contribution in [0.15, 0.2) is 66.9 Å². The number of nitrogens with zero attached hydrogens (tertiary/aromatic N) is 3. The van der Waals surface area contributed by atoms with E-state index in [2.05, 4.69) is 38.8 Å². The first kappa shape index (κ1) is 25.2. The Morgan fingerprint density at radius 3 is 2.17 bits per heavy atom. The van der Waals surface area contributed by atoms with Crippen molar-refractivity contribution in [1.29, 1.82) is 0 Å². The minimum Gasteiger partial charge on any atom is -0.347 e. The molecular formula is C29H31Cl2FN4. The number of fused-ring (bicyclic) bond motifs is 1. The highest BCUT2D eigenvalue weighted by Crippen LogP contribution is 2.32. The van der Waals surface area contributed by atoms with Crippen molar-refractivity contribution in [1.82, 2.24) is 14.4 Å². The van der Waals surface area contributed by atoms with Gasteiger partial charge in [0, 0.05) is 84.1 Å². The Hall–Kier alpha value is -2.41. The van der Waals surface area contributed by atoms with Gasteiger partial charge in [-0.1, -0.05) is 47.5 Å². The number of nitrogens with two attached hydrogens (primary N) is 1. The van der Waals surface area contributed by atoms with Crippen LogP contribution in [0, 0.1) is 5.82 Å². The van der Waals surface area contributed by atoms with Crippen molar-refractivity contribution in [3.8, 4) is 11.1 Å². The normalized spacial score (nSPS) is 15.1. The van der Waals surface area contributed by atoms with Gasteiger partial charge in [-0.15, -0.1) is 0 Å². The van der Waals surface area contributed by atoms with Crippen LogP contribution in [0.4, 0.5) is 4.39 Å². The summed E-state index contributed by atoms with van der Waals surface area (Å²) in [7, 11) is 0. The van der Waals surface area contributed by atoms with E-state index in [9.17, 15) is 4.39 Å². The average Bonchev–Trinajstić information content (AvgIpc) is 3.24. The van der Waals surface area contributed by atoms with Gasteiger partial charge in [-0.3, -0.25) is 9.80 Å². The van der Waals surface area contributed by atoms with Crippen LogP contribution in [0.2, 0.25) is 10.0 Å². The molecule has 4 aromatic rings. The van der Waals surface area contributed by atoms with Gasteiger partial charge in [0.25, 0.3) is 0 Å². The number of hydrogen-bond donors (Lipinski definition) is 1. The topological polar surface area (TPSA) is 37.4 Å². The molecule has 0 spiro atoms. The molecule has 5 rings (SSSR count). The smallest absolute Gasteiger partial charge is 0.123 e. The molecule has 0 radical (unpaired) electrons. The quantitative estimate of drug-likeness (QED) is 0.289. The molecule has 2 heterocycles. The lowest BCUT2D eigenvalue weighted by molar-refractivity contribution is 0.122. The summed E-state index contributed by atoms with van der Waals surface area (Å²) in [5, 5.41) is 2.66. The van der Waals surface area contributed by atoms with Gasteiger partial charge in [0.15, 0.2) is 0 Å². The van der Waals surface area contributed by atoms with Gasteiger partial charge in [-0.05, 0) is 60.5 Å². The van der Waals surface area contributed by atoms with Gasteiger partial charge in [-0.25, -0.2) is 4.39 Å². The van der Waals surface area contributed by atoms with E-state index >= 15 is 0 Å². The Balaban J connectivity index is 1.31. The number of hydrogen-bond acceptors (Lipinski definition) is 3. The van der Waals surface area contributed by atoms with Crippen LogP contribution < -0.4 is 5.73 Å². The van der Waals surface area contributed by atoms with Gasteiger partial charge in [-0.2, -0.15) is 0 Å². The molecular weight excluding hydrogens is 494 g/mol. The molecule has 0 amide bonds. The molecule has 0 atom stereocenters. The van der Waals surface area contributed by atoms with E-state index in [1.54, 1.807) is 0 Å². The van der Waals surface area contributed by atoms with E-state index in [1.807, 2.05) is 30.3 Å². The van der Waals surface area contributed by atoms with Crippen molar-refractivity contribution in [2.24, 2.45) is 5.73 Å². The predicted molar refractivity (Wildman–Crippen MR) is 148 cm³/mol. The number of halogens is 3. The highest BCUT2D eigenvalue weighted by Gasteiger charge is 2.20. The molecule has 188 valence electrons. The maximum absolute atomic E-state index is 13.6. The summed E-state index contributed by atoms with van der Waals surface area (Å²) in [5.41, 5.74) is 11.4. The lowest BCUT2D eigenvalue weighted by Gasteiger charge is -2.35. The minimum absolute atomic E-state index is 0.220. The first-order valence-electron chi connectivity index (χ1n) is 12.5. The Labute approximate surface area is 222 Å². The summed E-state index contributed by atoms with van der Waals surface area (Å²) in [4.78, 5) is 4.91. The minimum atomic E-state index is -0.220. The zero-order valence-electron chi connectivity index (χ0n) is 20.3. The van der Waals surface area contributed by atoms with Crippen LogP contribution in [0.3, 0.4) is 0 Å². The van der Waals surface area contributed by atoms with Gasteiger partial charge in [0.2, 0.25) is 0 Å². The van der Waals surface area contributed by atoms with Crippen molar-refractivity contribution in [3.63, 3.8) is 0 Å². The third-order valence-electron chi connectivity index (χ3n) is 7.02. The molecule has 1 aliphatic heterocycles. The maximum Gasteiger partial charge on any atom is 0.123 e. The van der Waals surface area contributed by atoms with E-state index in [-0.39, 0.29) is 5.82 Å². The lowest BCUT2D eigenvalue weighted by Crippen LogP contribution is -2.45. The molecule has 4 nitrogen and oxygen atoms in total. The summed E-state index contributed by atoms with van der Waals surface area (Å²) in [6.45, 7) is 7.11. The van der Waals surface area contributed by atoms with Crippen molar-refractivity contribution in [2.45, 2.75) is 26.1 Å². The number of aromatic nitrogens is 1. The molecule has 0 aliphatic carbocycles. The Bertz CT molecular complexity index is 1310. The fourth-order valence-electron chi connectivity index (χ4n) is 5.02. The summed E-state index contributed by atoms with van der Waals surface area (Å²) >= 11 is 12.8. The summed E-state index contributed by atoms with van der Waals surface area (Å²) in [5.74, 6) is -0.220. The second-order valence-electron chi connectivity index (χ2n) is 9.49. The number of benzene rings is 3. The van der Waals surface area contributed by atoms with E-state index in [0.717, 1.165) is 79.0 Å². The van der Waals surface area contributed by atoms with Crippen molar-refractivity contribution in [3.05, 3.63) is 93.8 Å². The SMILES string of the molecule is NCCCn1cc(-c2ccc(F)cc2)c2cc(CN3CCN(Cc4c(Cl)cccc4Cl)CC3)ccc21. The molecule has 36 heavy (non-hydrogen) atoms. The van der Waals surface area contributed by atoms with Crippen LogP contribution >= 0.6 is 23.2 Å². The number of piperazine rings is 1. The average molecular weight is 525 g/mol. The van der Waals surface area contributed by atoms with Gasteiger partial charge >= 0.3 is 0 Å². The molecule has 1 saturated heterocycles. The van der Waals surface area contributed by atoms with Crippen LogP contribution in [0.1, 0.15) is 17.5 Å². The first-order chi connectivity index (χ1) is 17.5. The van der Waals surface area contributed by atoms with Crippen molar-refractivity contribution >= 4 is 34.1 Å². The summed E-state index contributed by atoms with van der Waals surface area (Å²) in [6, 6.07) is 19.2. The molecule has 0 unspecified atom stereocenters. The van der Waals surface area contributed by atoms with Gasteiger partial charge in [0.1, 0.15) is 5.82 Å². The molecule has 1 aromatic heterocycles. The monoisotopic (exact) mass is 524 g/mol. The fraction of sp³-hybridized carbons (Fsp3) is 0.310. The van der Waals surface area contributed by atoms with Gasteiger partial charge < -0.3 is 10.3 Å². The third kappa shape index (κ3) is 5.61. The second-order valence-corrected chi connectivity index (χ2v) is 10.3. The molecule has 1 fully saturated rings. The Kier molecular flexibility index (Phi) is 7.94. The number of rotatable bonds is 8. The van der Waals surface area contributed by atoms with E-state index in [1.165, 1.54) is 28.6 Å². The zero-order chi connectivity index (χ0) is 25.1. The predicted octanol–water partition coefficient (Wildman–Crippen LogP) is 6.42. The third-order valence-corrected chi connectivity index (χ3v) is 7.73. The maximum atomic E-state index is 13.6. The molecule has 3 aromatic carbocycles. The van der Waals surface area contributed by atoms with Gasteiger partial charge in [0.05, 0.1) is 0 Å². The van der Waals surface area contributed by atoms with Crippen LogP contribution in [-0.4, -0.2) is 47.1 Å². The highest BCUT2D eigenvalue weighted by molar-refractivity contribution is 6.35. The number of aryl methyl sites for hydroxylation is 1. The summed E-state index contributed by atoms with van der Waals surface area (Å²) in [6.07, 6.45) is 3.09. The van der Waals surface area contributed by atoms with E-state index < -0.39 is 0 Å². The van der Waals surface area contributed by atoms with Crippen LogP contribution in [0.5, 0.6) is 0 Å². The van der Waals surface area contributed by atoms with Crippen LogP contribution in [-0.2, 0) is 19.6 Å². The van der Waals surface area contributed by atoms with E-state index in [4.69, 9.17) is 28.9 Å². The molecule has 1 aliphatic rings. The standard InChI is InChI=1S/C29H31Cl2FN4/c30-27-3-1-4-28(31)26(27)19-35-15-13-34(14-16-35)18-21-5-10-29-24(17-21)25(20-36(29)12-2-11-33)22-6-8-23(32)9-7-22/h1,3-10,17,20H,2,11-16,18-19,33H2. The molecule has 7 heteroatoms. The largest absolute Gasteiger partial charge is 0.347 e. The molecule has 0 bridgehead atoms. The van der Waals surface area contributed by atoms with E-state index in [0.29, 0.717) is 6.54 Å². The first-order valence-corrected chi connectivity index (χ1v) is 13.2. The fourth-order valence-corrected chi connectivity index (χ4v) is 5.54. The Morgan fingerprint density at radius 1 is 0.833 bits per heavy atom.